The summed E-state index contributed by atoms with van der Waals surface area (Å²) in [4.78, 5) is 10.5. The van der Waals surface area contributed by atoms with Gasteiger partial charge in [-0.05, 0) is 13.3 Å². The third-order valence-electron chi connectivity index (χ3n) is 1.22. The maximum atomic E-state index is 10.5. The number of nitrogens with zero attached hydrogens (tertiary/aromatic N) is 1. The molecule has 0 amide bonds. The molecule has 1 heterocycles. The van der Waals surface area contributed by atoms with Crippen LogP contribution >= 0.6 is 0 Å². The van der Waals surface area contributed by atoms with Crippen molar-refractivity contribution in [2.24, 2.45) is 0 Å². The van der Waals surface area contributed by atoms with E-state index < -0.39 is 0 Å². The summed E-state index contributed by atoms with van der Waals surface area (Å²) >= 11 is 0. The second-order valence-corrected chi connectivity index (χ2v) is 2.19. The van der Waals surface area contributed by atoms with E-state index in [2.05, 4.69) is 9.68 Å². The molecule has 0 fully saturated rings. The molecule has 0 aliphatic rings. The zero-order valence-corrected chi connectivity index (χ0v) is 5.83. The van der Waals surface area contributed by atoms with Gasteiger partial charge >= 0.3 is 0 Å². The average Bonchev–Trinajstić information content (AvgIpc) is 2.34. The molecular weight excluding hydrogens is 130 g/mol. The maximum absolute atomic E-state index is 10.5. The Morgan fingerprint density at radius 3 is 3.10 bits per heavy atom. The van der Waals surface area contributed by atoms with Gasteiger partial charge in [-0.1, -0.05) is 5.16 Å². The van der Waals surface area contributed by atoms with E-state index in [9.17, 15) is 4.79 Å². The van der Waals surface area contributed by atoms with E-state index in [0.29, 0.717) is 12.8 Å². The van der Waals surface area contributed by atoms with Gasteiger partial charge in [0.2, 0.25) is 0 Å². The SMILES string of the molecule is CC(=O)CCc1ccon1. The monoisotopic (exact) mass is 139 g/mol. The molecule has 3 nitrogen and oxygen atoms in total. The average molecular weight is 139 g/mol. The number of rotatable bonds is 3. The van der Waals surface area contributed by atoms with Gasteiger partial charge in [-0.2, -0.15) is 0 Å². The predicted molar refractivity (Wildman–Crippen MR) is 35.5 cm³/mol. The highest BCUT2D eigenvalue weighted by Gasteiger charge is 1.97. The number of carbonyl (C=O) groups excluding carboxylic acids is 1. The van der Waals surface area contributed by atoms with Gasteiger partial charge in [0.25, 0.3) is 0 Å². The van der Waals surface area contributed by atoms with Crippen LogP contribution in [0.2, 0.25) is 0 Å². The molecule has 0 spiro atoms. The fraction of sp³-hybridized carbons (Fsp3) is 0.429. The molecular formula is C7H9NO2. The quantitative estimate of drug-likeness (QED) is 0.631. The lowest BCUT2D eigenvalue weighted by Crippen LogP contribution is -1.93. The van der Waals surface area contributed by atoms with Crippen molar-refractivity contribution >= 4 is 5.78 Å². The second kappa shape index (κ2) is 3.15. The highest BCUT2D eigenvalue weighted by atomic mass is 16.5. The molecule has 0 saturated carbocycles. The first-order valence-corrected chi connectivity index (χ1v) is 3.18. The van der Waals surface area contributed by atoms with Crippen LogP contribution in [0.15, 0.2) is 16.9 Å². The highest BCUT2D eigenvalue weighted by molar-refractivity contribution is 5.75. The molecule has 0 N–H and O–H groups in total. The van der Waals surface area contributed by atoms with E-state index in [-0.39, 0.29) is 5.78 Å². The van der Waals surface area contributed by atoms with E-state index in [4.69, 9.17) is 0 Å². The van der Waals surface area contributed by atoms with Crippen molar-refractivity contribution in [3.63, 3.8) is 0 Å². The summed E-state index contributed by atoms with van der Waals surface area (Å²) in [5.41, 5.74) is 0.843. The van der Waals surface area contributed by atoms with Gasteiger partial charge in [0, 0.05) is 12.5 Å². The first-order chi connectivity index (χ1) is 4.79. The number of ketones is 1. The largest absolute Gasteiger partial charge is 0.365 e. The minimum Gasteiger partial charge on any atom is -0.365 e. The molecule has 3 heteroatoms. The van der Waals surface area contributed by atoms with Crippen molar-refractivity contribution in [2.75, 3.05) is 0 Å². The van der Waals surface area contributed by atoms with E-state index in [1.165, 1.54) is 6.26 Å². The van der Waals surface area contributed by atoms with Crippen LogP contribution in [0.5, 0.6) is 0 Å². The predicted octanol–water partition coefficient (Wildman–Crippen LogP) is 1.20. The van der Waals surface area contributed by atoms with Gasteiger partial charge in [-0.25, -0.2) is 0 Å². The number of aryl methyl sites for hydroxylation is 1. The highest BCUT2D eigenvalue weighted by Crippen LogP contribution is 1.98. The summed E-state index contributed by atoms with van der Waals surface area (Å²) in [6.07, 6.45) is 2.74. The second-order valence-electron chi connectivity index (χ2n) is 2.19. The Balaban J connectivity index is 2.35. The number of carbonyl (C=O) groups is 1. The van der Waals surface area contributed by atoms with Crippen molar-refractivity contribution in [1.29, 1.82) is 0 Å². The molecule has 0 radical (unpaired) electrons. The molecule has 0 atom stereocenters. The Hall–Kier alpha value is -1.12. The van der Waals surface area contributed by atoms with Crippen LogP contribution in [0.25, 0.3) is 0 Å². The number of Topliss-reactive ketones (excluding diaryl/α,β-unsaturated/α-hetero) is 1. The fourth-order valence-corrected chi connectivity index (χ4v) is 0.671. The van der Waals surface area contributed by atoms with Crippen molar-refractivity contribution < 1.29 is 9.32 Å². The molecule has 1 aromatic rings. The van der Waals surface area contributed by atoms with Crippen molar-refractivity contribution in [3.05, 3.63) is 18.0 Å². The van der Waals surface area contributed by atoms with Gasteiger partial charge in [0.05, 0.1) is 5.69 Å². The first-order valence-electron chi connectivity index (χ1n) is 3.18. The summed E-state index contributed by atoms with van der Waals surface area (Å²) in [5, 5.41) is 3.66. The molecule has 10 heavy (non-hydrogen) atoms. The van der Waals surface area contributed by atoms with Gasteiger partial charge in [-0.15, -0.1) is 0 Å². The molecule has 54 valence electrons. The van der Waals surface area contributed by atoms with E-state index in [1.807, 2.05) is 0 Å². The lowest BCUT2D eigenvalue weighted by Gasteiger charge is -1.88. The Kier molecular flexibility index (Phi) is 2.20. The topological polar surface area (TPSA) is 43.1 Å². The molecule has 0 aliphatic heterocycles. The van der Waals surface area contributed by atoms with Crippen LogP contribution in [-0.4, -0.2) is 10.9 Å². The molecule has 0 aromatic carbocycles. The van der Waals surface area contributed by atoms with Gasteiger partial charge in [0.1, 0.15) is 12.0 Å². The molecule has 0 aliphatic carbocycles. The maximum Gasteiger partial charge on any atom is 0.130 e. The van der Waals surface area contributed by atoms with E-state index in [1.54, 1.807) is 13.0 Å². The summed E-state index contributed by atoms with van der Waals surface area (Å²) in [6, 6.07) is 1.77. The van der Waals surface area contributed by atoms with Crippen molar-refractivity contribution in [1.82, 2.24) is 5.16 Å². The normalized spacial score (nSPS) is 9.70. The molecule has 0 saturated heterocycles. The number of hydrogen-bond donors (Lipinski definition) is 0. The van der Waals surface area contributed by atoms with E-state index in [0.717, 1.165) is 5.69 Å². The van der Waals surface area contributed by atoms with Crippen molar-refractivity contribution in [3.8, 4) is 0 Å². The number of aromatic nitrogens is 1. The van der Waals surface area contributed by atoms with Crippen LogP contribution < -0.4 is 0 Å². The zero-order valence-electron chi connectivity index (χ0n) is 5.83. The van der Waals surface area contributed by atoms with Gasteiger partial charge in [-0.3, -0.25) is 0 Å². The fourth-order valence-electron chi connectivity index (χ4n) is 0.671. The summed E-state index contributed by atoms with van der Waals surface area (Å²) in [5.74, 6) is 0.183. The molecule has 1 aromatic heterocycles. The molecule has 0 bridgehead atoms. The minimum atomic E-state index is 0.183. The van der Waals surface area contributed by atoms with Crippen molar-refractivity contribution in [2.45, 2.75) is 19.8 Å². The Labute approximate surface area is 59.0 Å². The summed E-state index contributed by atoms with van der Waals surface area (Å²) in [6.45, 7) is 1.57. The summed E-state index contributed by atoms with van der Waals surface area (Å²) < 4.78 is 4.59. The van der Waals surface area contributed by atoms with Crippen LogP contribution in [0.3, 0.4) is 0 Å². The Bertz CT molecular complexity index is 203. The lowest BCUT2D eigenvalue weighted by molar-refractivity contribution is -0.116. The first kappa shape index (κ1) is 6.99. The standard InChI is InChI=1S/C7H9NO2/c1-6(9)2-3-7-4-5-10-8-7/h4-5H,2-3H2,1H3. The smallest absolute Gasteiger partial charge is 0.130 e. The van der Waals surface area contributed by atoms with E-state index >= 15 is 0 Å². The van der Waals surface area contributed by atoms with Gasteiger partial charge in [0.15, 0.2) is 0 Å². The van der Waals surface area contributed by atoms with Crippen LogP contribution in [0, 0.1) is 0 Å². The summed E-state index contributed by atoms with van der Waals surface area (Å²) in [7, 11) is 0. The lowest BCUT2D eigenvalue weighted by atomic mass is 10.2. The third kappa shape index (κ3) is 2.01. The number of hydrogen-bond acceptors (Lipinski definition) is 3. The van der Waals surface area contributed by atoms with Gasteiger partial charge < -0.3 is 9.32 Å². The Morgan fingerprint density at radius 1 is 1.80 bits per heavy atom. The van der Waals surface area contributed by atoms with Crippen LogP contribution in [-0.2, 0) is 11.2 Å². The Morgan fingerprint density at radius 2 is 2.60 bits per heavy atom. The molecule has 0 unspecified atom stereocenters. The molecule has 1 rings (SSSR count). The minimum absolute atomic E-state index is 0.183. The van der Waals surface area contributed by atoms with Crippen LogP contribution in [0.1, 0.15) is 19.0 Å². The van der Waals surface area contributed by atoms with Crippen LogP contribution in [0.4, 0.5) is 0 Å². The zero-order chi connectivity index (χ0) is 7.40. The third-order valence-corrected chi connectivity index (χ3v) is 1.22.